The Labute approximate surface area is 130 Å². The van der Waals surface area contributed by atoms with E-state index in [1.165, 1.54) is 6.07 Å². The molecule has 2 aromatic rings. The lowest BCUT2D eigenvalue weighted by Crippen LogP contribution is -2.14. The van der Waals surface area contributed by atoms with Crippen LogP contribution in [0.4, 0.5) is 4.39 Å². The van der Waals surface area contributed by atoms with Crippen molar-refractivity contribution in [2.45, 2.75) is 32.4 Å². The summed E-state index contributed by atoms with van der Waals surface area (Å²) in [6.45, 7) is 3.93. The van der Waals surface area contributed by atoms with E-state index in [9.17, 15) is 9.50 Å². The molecule has 1 aromatic carbocycles. The minimum Gasteiger partial charge on any atom is -0.386 e. The van der Waals surface area contributed by atoms with Crippen molar-refractivity contribution in [3.8, 4) is 0 Å². The topological polar surface area (TPSA) is 38.0 Å². The fourth-order valence-electron chi connectivity index (χ4n) is 2.09. The molecule has 1 unspecified atom stereocenters. The van der Waals surface area contributed by atoms with Crippen molar-refractivity contribution in [1.82, 2.24) is 9.78 Å². The summed E-state index contributed by atoms with van der Waals surface area (Å²) in [5, 5.41) is 14.9. The van der Waals surface area contributed by atoms with Gasteiger partial charge < -0.3 is 5.11 Å². The van der Waals surface area contributed by atoms with Crippen LogP contribution in [-0.4, -0.2) is 14.9 Å². The van der Waals surface area contributed by atoms with Gasteiger partial charge in [0.2, 0.25) is 0 Å². The minimum absolute atomic E-state index is 0.0991. The number of hydrogen-bond donors (Lipinski definition) is 1. The molecule has 108 valence electrons. The Hall–Kier alpha value is -0.910. The predicted molar refractivity (Wildman–Crippen MR) is 80.4 cm³/mol. The number of aliphatic hydroxyl groups excluding tert-OH is 1. The van der Waals surface area contributed by atoms with E-state index >= 15 is 0 Å². The first kappa shape index (κ1) is 15.5. The Morgan fingerprint density at radius 1 is 1.45 bits per heavy atom. The van der Waals surface area contributed by atoms with Gasteiger partial charge in [-0.3, -0.25) is 4.68 Å². The molecule has 0 aliphatic heterocycles. The third-order valence-corrected chi connectivity index (χ3v) is 4.02. The van der Waals surface area contributed by atoms with Gasteiger partial charge in [-0.15, -0.1) is 0 Å². The van der Waals surface area contributed by atoms with Crippen molar-refractivity contribution in [2.75, 3.05) is 0 Å². The van der Waals surface area contributed by atoms with Crippen LogP contribution in [0, 0.1) is 5.82 Å². The van der Waals surface area contributed by atoms with Gasteiger partial charge in [-0.1, -0.05) is 17.7 Å². The van der Waals surface area contributed by atoms with Crippen LogP contribution in [0.15, 0.2) is 28.9 Å². The molecule has 1 N–H and O–H groups in total. The molecule has 0 fully saturated rings. The maximum Gasteiger partial charge on any atom is 0.127 e. The van der Waals surface area contributed by atoms with Gasteiger partial charge in [-0.2, -0.15) is 5.10 Å². The van der Waals surface area contributed by atoms with Crippen molar-refractivity contribution in [3.05, 3.63) is 51.0 Å². The van der Waals surface area contributed by atoms with Gasteiger partial charge in [-0.05, 0) is 41.9 Å². The van der Waals surface area contributed by atoms with Crippen molar-refractivity contribution in [2.24, 2.45) is 0 Å². The fourth-order valence-corrected chi connectivity index (χ4v) is 2.87. The third kappa shape index (κ3) is 3.05. The molecule has 0 spiro atoms. The first-order valence-corrected chi connectivity index (χ1v) is 7.42. The van der Waals surface area contributed by atoms with Crippen LogP contribution in [-0.2, 0) is 6.42 Å². The van der Waals surface area contributed by atoms with E-state index in [-0.39, 0.29) is 12.5 Å². The molecule has 0 saturated carbocycles. The summed E-state index contributed by atoms with van der Waals surface area (Å²) in [7, 11) is 0. The summed E-state index contributed by atoms with van der Waals surface area (Å²) in [6, 6.07) is 4.59. The lowest BCUT2D eigenvalue weighted by molar-refractivity contribution is 0.162. The standard InChI is InChI=1S/C14H15BrClFN2O/c1-8(2)19-14(10(15)7-18-19)13(20)6-9-11(16)4-3-5-12(9)17/h3-5,7-8,13,20H,6H2,1-2H3. The van der Waals surface area contributed by atoms with Gasteiger partial charge in [0, 0.05) is 23.0 Å². The van der Waals surface area contributed by atoms with E-state index in [4.69, 9.17) is 11.6 Å². The number of aliphatic hydroxyl groups is 1. The van der Waals surface area contributed by atoms with E-state index in [0.29, 0.717) is 20.8 Å². The SMILES string of the molecule is CC(C)n1ncc(Br)c1C(O)Cc1c(F)cccc1Cl. The highest BCUT2D eigenvalue weighted by Gasteiger charge is 2.22. The van der Waals surface area contributed by atoms with Gasteiger partial charge in [0.1, 0.15) is 11.9 Å². The van der Waals surface area contributed by atoms with E-state index in [1.54, 1.807) is 23.0 Å². The summed E-state index contributed by atoms with van der Waals surface area (Å²) in [5.41, 5.74) is 0.935. The molecule has 20 heavy (non-hydrogen) atoms. The van der Waals surface area contributed by atoms with Gasteiger partial charge in [-0.25, -0.2) is 4.39 Å². The molecule has 1 atom stereocenters. The zero-order chi connectivity index (χ0) is 14.9. The quantitative estimate of drug-likeness (QED) is 0.882. The molecular weight excluding hydrogens is 347 g/mol. The van der Waals surface area contributed by atoms with Gasteiger partial charge in [0.05, 0.1) is 16.4 Å². The van der Waals surface area contributed by atoms with Gasteiger partial charge in [0.15, 0.2) is 0 Å². The first-order valence-electron chi connectivity index (χ1n) is 6.25. The Morgan fingerprint density at radius 2 is 2.15 bits per heavy atom. The molecule has 0 aliphatic rings. The number of nitrogens with zero attached hydrogens (tertiary/aromatic N) is 2. The molecule has 0 aliphatic carbocycles. The molecule has 6 heteroatoms. The Bertz CT molecular complexity index is 595. The molecule has 2 rings (SSSR count). The Morgan fingerprint density at radius 3 is 2.75 bits per heavy atom. The van der Waals surface area contributed by atoms with Crippen LogP contribution in [0.1, 0.15) is 37.3 Å². The van der Waals surface area contributed by atoms with Crippen molar-refractivity contribution >= 4 is 27.5 Å². The summed E-state index contributed by atoms with van der Waals surface area (Å²) in [4.78, 5) is 0. The smallest absolute Gasteiger partial charge is 0.127 e. The lowest BCUT2D eigenvalue weighted by atomic mass is 10.0. The maximum absolute atomic E-state index is 13.8. The second-order valence-electron chi connectivity index (χ2n) is 4.84. The molecular formula is C14H15BrClFN2O. The summed E-state index contributed by atoms with van der Waals surface area (Å²) in [6.07, 6.45) is 0.841. The van der Waals surface area contributed by atoms with Crippen molar-refractivity contribution < 1.29 is 9.50 Å². The Balaban J connectivity index is 2.33. The van der Waals surface area contributed by atoms with E-state index in [2.05, 4.69) is 21.0 Å². The normalized spacial score (nSPS) is 12.9. The van der Waals surface area contributed by atoms with Crippen LogP contribution < -0.4 is 0 Å². The van der Waals surface area contributed by atoms with Crippen LogP contribution in [0.2, 0.25) is 5.02 Å². The second-order valence-corrected chi connectivity index (χ2v) is 6.10. The molecule has 1 heterocycles. The second kappa shape index (κ2) is 6.24. The monoisotopic (exact) mass is 360 g/mol. The Kier molecular flexibility index (Phi) is 4.83. The van der Waals surface area contributed by atoms with Crippen LogP contribution in [0.3, 0.4) is 0 Å². The van der Waals surface area contributed by atoms with Crippen molar-refractivity contribution in [3.63, 3.8) is 0 Å². The van der Waals surface area contributed by atoms with Crippen molar-refractivity contribution in [1.29, 1.82) is 0 Å². The molecule has 3 nitrogen and oxygen atoms in total. The lowest BCUT2D eigenvalue weighted by Gasteiger charge is -2.17. The number of hydrogen-bond acceptors (Lipinski definition) is 2. The van der Waals surface area contributed by atoms with E-state index in [0.717, 1.165) is 0 Å². The highest BCUT2D eigenvalue weighted by molar-refractivity contribution is 9.10. The van der Waals surface area contributed by atoms with Crippen LogP contribution >= 0.6 is 27.5 Å². The highest BCUT2D eigenvalue weighted by Crippen LogP contribution is 2.30. The average molecular weight is 362 g/mol. The largest absolute Gasteiger partial charge is 0.386 e. The van der Waals surface area contributed by atoms with E-state index in [1.807, 2.05) is 13.8 Å². The average Bonchev–Trinajstić information content (AvgIpc) is 2.76. The number of halogens is 3. The summed E-state index contributed by atoms with van der Waals surface area (Å²) in [5.74, 6) is -0.414. The maximum atomic E-state index is 13.8. The number of rotatable bonds is 4. The first-order chi connectivity index (χ1) is 9.41. The van der Waals surface area contributed by atoms with Gasteiger partial charge >= 0.3 is 0 Å². The number of aromatic nitrogens is 2. The molecule has 0 bridgehead atoms. The van der Waals surface area contributed by atoms with Gasteiger partial charge in [0.25, 0.3) is 0 Å². The van der Waals surface area contributed by atoms with Crippen LogP contribution in [0.5, 0.6) is 0 Å². The molecule has 0 radical (unpaired) electrons. The molecule has 0 saturated heterocycles. The zero-order valence-electron chi connectivity index (χ0n) is 11.1. The van der Waals surface area contributed by atoms with E-state index < -0.39 is 11.9 Å². The molecule has 1 aromatic heterocycles. The minimum atomic E-state index is -0.885. The highest BCUT2D eigenvalue weighted by atomic mass is 79.9. The molecule has 0 amide bonds. The third-order valence-electron chi connectivity index (χ3n) is 3.05. The summed E-state index contributed by atoms with van der Waals surface area (Å²) < 4.78 is 16.2. The van der Waals surface area contributed by atoms with Crippen LogP contribution in [0.25, 0.3) is 0 Å². The zero-order valence-corrected chi connectivity index (χ0v) is 13.5. The fraction of sp³-hybridized carbons (Fsp3) is 0.357. The number of benzene rings is 1. The predicted octanol–water partition coefficient (Wildman–Crippen LogP) is 4.30. The summed E-state index contributed by atoms with van der Waals surface area (Å²) >= 11 is 9.36.